The summed E-state index contributed by atoms with van der Waals surface area (Å²) < 4.78 is 0. The topological polar surface area (TPSA) is 31.4 Å². The minimum Gasteiger partial charge on any atom is -0.366 e. The largest absolute Gasteiger partial charge is 0.366 e. The van der Waals surface area contributed by atoms with Gasteiger partial charge in [-0.3, -0.25) is 4.98 Å². The SMILES string of the molecule is CCN(c1cnccc1CNC)C(C)CN(C)C. The summed E-state index contributed by atoms with van der Waals surface area (Å²) in [6.45, 7) is 7.38. The summed E-state index contributed by atoms with van der Waals surface area (Å²) in [4.78, 5) is 8.91. The van der Waals surface area contributed by atoms with Crippen LogP contribution in [0.1, 0.15) is 19.4 Å². The zero-order valence-electron chi connectivity index (χ0n) is 12.3. The molecule has 0 radical (unpaired) electrons. The van der Waals surface area contributed by atoms with Crippen LogP contribution >= 0.6 is 0 Å². The molecule has 0 aromatic carbocycles. The Kier molecular flexibility index (Phi) is 6.09. The van der Waals surface area contributed by atoms with Gasteiger partial charge in [0, 0.05) is 31.9 Å². The van der Waals surface area contributed by atoms with Gasteiger partial charge >= 0.3 is 0 Å². The van der Waals surface area contributed by atoms with Gasteiger partial charge in [-0.25, -0.2) is 0 Å². The maximum Gasteiger partial charge on any atom is 0.0601 e. The van der Waals surface area contributed by atoms with E-state index < -0.39 is 0 Å². The molecule has 0 amide bonds. The Morgan fingerprint density at radius 3 is 2.67 bits per heavy atom. The lowest BCUT2D eigenvalue weighted by molar-refractivity contribution is 0.372. The minimum absolute atomic E-state index is 0.477. The van der Waals surface area contributed by atoms with E-state index in [9.17, 15) is 0 Å². The van der Waals surface area contributed by atoms with Crippen molar-refractivity contribution >= 4 is 5.69 Å². The van der Waals surface area contributed by atoms with E-state index in [1.54, 1.807) is 0 Å². The molecule has 0 saturated heterocycles. The molecule has 0 aliphatic heterocycles. The summed E-state index contributed by atoms with van der Waals surface area (Å²) in [6.07, 6.45) is 3.84. The minimum atomic E-state index is 0.477. The van der Waals surface area contributed by atoms with Crippen LogP contribution in [0.25, 0.3) is 0 Å². The summed E-state index contributed by atoms with van der Waals surface area (Å²) in [7, 11) is 6.20. The number of nitrogens with zero attached hydrogens (tertiary/aromatic N) is 3. The third-order valence-electron chi connectivity index (χ3n) is 3.07. The zero-order chi connectivity index (χ0) is 13.5. The first-order valence-electron chi connectivity index (χ1n) is 6.59. The van der Waals surface area contributed by atoms with Gasteiger partial charge in [0.15, 0.2) is 0 Å². The van der Waals surface area contributed by atoms with Gasteiger partial charge in [0.25, 0.3) is 0 Å². The first-order chi connectivity index (χ1) is 8.60. The van der Waals surface area contributed by atoms with Crippen LogP contribution in [0.4, 0.5) is 5.69 Å². The van der Waals surface area contributed by atoms with Crippen molar-refractivity contribution in [1.82, 2.24) is 15.2 Å². The second kappa shape index (κ2) is 7.34. The van der Waals surface area contributed by atoms with Crippen molar-refractivity contribution in [2.24, 2.45) is 0 Å². The molecule has 0 aliphatic carbocycles. The second-order valence-electron chi connectivity index (χ2n) is 4.93. The van der Waals surface area contributed by atoms with Crippen LogP contribution in [-0.2, 0) is 6.54 Å². The number of aromatic nitrogens is 1. The number of anilines is 1. The summed E-state index contributed by atoms with van der Waals surface area (Å²) in [6, 6.07) is 2.57. The molecular weight excluding hydrogens is 224 g/mol. The van der Waals surface area contributed by atoms with Crippen molar-refractivity contribution in [2.45, 2.75) is 26.4 Å². The number of hydrogen-bond acceptors (Lipinski definition) is 4. The third-order valence-corrected chi connectivity index (χ3v) is 3.07. The van der Waals surface area contributed by atoms with E-state index in [1.807, 2.05) is 19.4 Å². The molecule has 102 valence electrons. The number of hydrogen-bond donors (Lipinski definition) is 1. The van der Waals surface area contributed by atoms with Crippen LogP contribution < -0.4 is 10.2 Å². The van der Waals surface area contributed by atoms with Gasteiger partial charge in [-0.2, -0.15) is 0 Å². The molecule has 1 aromatic rings. The van der Waals surface area contributed by atoms with E-state index in [4.69, 9.17) is 0 Å². The average Bonchev–Trinajstić information content (AvgIpc) is 2.31. The van der Waals surface area contributed by atoms with Gasteiger partial charge in [0.05, 0.1) is 11.9 Å². The predicted octanol–water partition coefficient (Wildman–Crippen LogP) is 1.58. The van der Waals surface area contributed by atoms with Crippen molar-refractivity contribution in [1.29, 1.82) is 0 Å². The molecule has 1 N–H and O–H groups in total. The lowest BCUT2D eigenvalue weighted by Gasteiger charge is -2.33. The van der Waals surface area contributed by atoms with Crippen molar-refractivity contribution in [2.75, 3.05) is 39.1 Å². The Morgan fingerprint density at radius 2 is 2.11 bits per heavy atom. The fraction of sp³-hybridized carbons (Fsp3) is 0.643. The fourth-order valence-corrected chi connectivity index (χ4v) is 2.36. The lowest BCUT2D eigenvalue weighted by Crippen LogP contribution is -2.40. The number of nitrogens with one attached hydrogen (secondary N) is 1. The van der Waals surface area contributed by atoms with E-state index in [2.05, 4.69) is 54.1 Å². The molecule has 0 saturated carbocycles. The van der Waals surface area contributed by atoms with Gasteiger partial charge < -0.3 is 15.1 Å². The van der Waals surface area contributed by atoms with E-state index in [-0.39, 0.29) is 0 Å². The molecule has 1 unspecified atom stereocenters. The van der Waals surface area contributed by atoms with Crippen LogP contribution in [0, 0.1) is 0 Å². The lowest BCUT2D eigenvalue weighted by atomic mass is 10.1. The number of rotatable bonds is 7. The summed E-state index contributed by atoms with van der Waals surface area (Å²) >= 11 is 0. The monoisotopic (exact) mass is 250 g/mol. The molecule has 4 heteroatoms. The van der Waals surface area contributed by atoms with E-state index in [0.29, 0.717) is 6.04 Å². The first kappa shape index (κ1) is 14.9. The van der Waals surface area contributed by atoms with Crippen LogP contribution in [0.5, 0.6) is 0 Å². The quantitative estimate of drug-likeness (QED) is 0.796. The molecule has 1 atom stereocenters. The second-order valence-corrected chi connectivity index (χ2v) is 4.93. The molecule has 1 heterocycles. The van der Waals surface area contributed by atoms with Crippen LogP contribution in [-0.4, -0.2) is 50.2 Å². The predicted molar refractivity (Wildman–Crippen MR) is 78.0 cm³/mol. The van der Waals surface area contributed by atoms with Crippen molar-refractivity contribution in [3.8, 4) is 0 Å². The van der Waals surface area contributed by atoms with Gasteiger partial charge in [0.2, 0.25) is 0 Å². The highest BCUT2D eigenvalue weighted by Gasteiger charge is 2.16. The zero-order valence-corrected chi connectivity index (χ0v) is 12.3. The molecule has 4 nitrogen and oxygen atoms in total. The molecule has 1 rings (SSSR count). The smallest absolute Gasteiger partial charge is 0.0601 e. The maximum atomic E-state index is 4.27. The highest BCUT2D eigenvalue weighted by atomic mass is 15.2. The van der Waals surface area contributed by atoms with Crippen molar-refractivity contribution in [3.05, 3.63) is 24.0 Å². The average molecular weight is 250 g/mol. The van der Waals surface area contributed by atoms with Gasteiger partial charge in [0.1, 0.15) is 0 Å². The number of likely N-dealkylation sites (N-methyl/N-ethyl adjacent to an activating group) is 2. The van der Waals surface area contributed by atoms with Crippen LogP contribution in [0.2, 0.25) is 0 Å². The summed E-state index contributed by atoms with van der Waals surface area (Å²) in [5, 5.41) is 3.22. The maximum absolute atomic E-state index is 4.27. The highest BCUT2D eigenvalue weighted by Crippen LogP contribution is 2.21. The van der Waals surface area contributed by atoms with E-state index in [1.165, 1.54) is 11.3 Å². The van der Waals surface area contributed by atoms with Crippen LogP contribution in [0.3, 0.4) is 0 Å². The molecule has 0 bridgehead atoms. The van der Waals surface area contributed by atoms with Gasteiger partial charge in [-0.1, -0.05) is 0 Å². The van der Waals surface area contributed by atoms with Crippen molar-refractivity contribution < 1.29 is 0 Å². The standard InChI is InChI=1S/C14H26N4/c1-6-18(12(2)11-17(4)5)14-10-16-8-7-13(14)9-15-3/h7-8,10,12,15H,6,9,11H2,1-5H3. The molecular formula is C14H26N4. The normalized spacial score (nSPS) is 12.8. The summed E-state index contributed by atoms with van der Waals surface area (Å²) in [5.74, 6) is 0. The number of pyridine rings is 1. The Labute approximate surface area is 111 Å². The summed E-state index contributed by atoms with van der Waals surface area (Å²) in [5.41, 5.74) is 2.55. The van der Waals surface area contributed by atoms with E-state index in [0.717, 1.165) is 19.6 Å². The highest BCUT2D eigenvalue weighted by molar-refractivity contribution is 5.52. The van der Waals surface area contributed by atoms with Crippen LogP contribution in [0.15, 0.2) is 18.5 Å². The molecule has 0 aliphatic rings. The van der Waals surface area contributed by atoms with Gasteiger partial charge in [-0.05, 0) is 46.6 Å². The Morgan fingerprint density at radius 1 is 1.39 bits per heavy atom. The third kappa shape index (κ3) is 3.96. The molecule has 0 fully saturated rings. The fourth-order valence-electron chi connectivity index (χ4n) is 2.36. The van der Waals surface area contributed by atoms with E-state index >= 15 is 0 Å². The van der Waals surface area contributed by atoms with Gasteiger partial charge in [-0.15, -0.1) is 0 Å². The molecule has 18 heavy (non-hydrogen) atoms. The Bertz CT molecular complexity index is 351. The molecule has 1 aromatic heterocycles. The van der Waals surface area contributed by atoms with Crippen molar-refractivity contribution in [3.63, 3.8) is 0 Å². The Balaban J connectivity index is 2.93. The first-order valence-corrected chi connectivity index (χ1v) is 6.59. The Hall–Kier alpha value is -1.13. The molecule has 0 spiro atoms.